The normalized spacial score (nSPS) is 10.1. The number of hydrogen-bond acceptors (Lipinski definition) is 3. The molecule has 2 rings (SSSR count). The standard InChI is InChI=1S/C15H15BrN2O2/c1-20-14-7-4-11(8-13(14)17)15(19)18-9-10-2-5-12(16)6-3-10/h2-8H,9,17H2,1H3,(H,18,19). The van der Waals surface area contributed by atoms with Gasteiger partial charge in [-0.15, -0.1) is 0 Å². The summed E-state index contributed by atoms with van der Waals surface area (Å²) < 4.78 is 6.07. The van der Waals surface area contributed by atoms with Crippen LogP contribution >= 0.6 is 15.9 Å². The Morgan fingerprint density at radius 1 is 1.25 bits per heavy atom. The summed E-state index contributed by atoms with van der Waals surface area (Å²) in [4.78, 5) is 12.0. The predicted molar refractivity (Wildman–Crippen MR) is 82.7 cm³/mol. The second-order valence-corrected chi connectivity index (χ2v) is 5.18. The average molecular weight is 335 g/mol. The minimum absolute atomic E-state index is 0.165. The summed E-state index contributed by atoms with van der Waals surface area (Å²) in [7, 11) is 1.54. The number of ether oxygens (including phenoxy) is 1. The number of halogens is 1. The van der Waals surface area contributed by atoms with Crippen molar-refractivity contribution in [2.45, 2.75) is 6.54 Å². The molecule has 0 aromatic heterocycles. The molecule has 0 bridgehead atoms. The largest absolute Gasteiger partial charge is 0.495 e. The van der Waals surface area contributed by atoms with Gasteiger partial charge in [-0.2, -0.15) is 0 Å². The lowest BCUT2D eigenvalue weighted by atomic mass is 10.1. The van der Waals surface area contributed by atoms with E-state index in [1.165, 1.54) is 0 Å². The number of nitrogens with two attached hydrogens (primary N) is 1. The van der Waals surface area contributed by atoms with Crippen LogP contribution in [0.1, 0.15) is 15.9 Å². The van der Waals surface area contributed by atoms with Gasteiger partial charge >= 0.3 is 0 Å². The fraction of sp³-hybridized carbons (Fsp3) is 0.133. The quantitative estimate of drug-likeness (QED) is 0.845. The smallest absolute Gasteiger partial charge is 0.251 e. The number of hydrogen-bond donors (Lipinski definition) is 2. The predicted octanol–water partition coefficient (Wildman–Crippen LogP) is 2.97. The Balaban J connectivity index is 2.01. The SMILES string of the molecule is COc1ccc(C(=O)NCc2ccc(Br)cc2)cc1N. The zero-order chi connectivity index (χ0) is 14.5. The third-order valence-electron chi connectivity index (χ3n) is 2.86. The van der Waals surface area contributed by atoms with Gasteiger partial charge in [0.2, 0.25) is 0 Å². The summed E-state index contributed by atoms with van der Waals surface area (Å²) in [6, 6.07) is 12.8. The van der Waals surface area contributed by atoms with E-state index in [1.807, 2.05) is 24.3 Å². The molecule has 0 aliphatic carbocycles. The molecule has 0 aliphatic rings. The Morgan fingerprint density at radius 2 is 1.95 bits per heavy atom. The maximum Gasteiger partial charge on any atom is 0.251 e. The van der Waals surface area contributed by atoms with E-state index in [9.17, 15) is 4.79 Å². The number of anilines is 1. The van der Waals surface area contributed by atoms with E-state index < -0.39 is 0 Å². The molecule has 104 valence electrons. The van der Waals surface area contributed by atoms with Crippen LogP contribution in [0.3, 0.4) is 0 Å². The Morgan fingerprint density at radius 3 is 2.55 bits per heavy atom. The van der Waals surface area contributed by atoms with Crippen LogP contribution in [0.4, 0.5) is 5.69 Å². The van der Waals surface area contributed by atoms with Crippen molar-refractivity contribution in [1.82, 2.24) is 5.32 Å². The number of benzene rings is 2. The zero-order valence-corrected chi connectivity index (χ0v) is 12.6. The van der Waals surface area contributed by atoms with E-state index in [2.05, 4.69) is 21.2 Å². The van der Waals surface area contributed by atoms with Crippen molar-refractivity contribution in [1.29, 1.82) is 0 Å². The molecule has 0 fully saturated rings. The van der Waals surface area contributed by atoms with E-state index in [1.54, 1.807) is 25.3 Å². The molecule has 2 aromatic carbocycles. The number of nitrogen functional groups attached to an aromatic ring is 1. The summed E-state index contributed by atoms with van der Waals surface area (Å²) in [5, 5.41) is 2.85. The summed E-state index contributed by atoms with van der Waals surface area (Å²) >= 11 is 3.37. The average Bonchev–Trinajstić information content (AvgIpc) is 2.46. The van der Waals surface area contributed by atoms with E-state index in [4.69, 9.17) is 10.5 Å². The van der Waals surface area contributed by atoms with Gasteiger partial charge in [0.05, 0.1) is 12.8 Å². The first-order valence-corrected chi connectivity index (χ1v) is 6.85. The van der Waals surface area contributed by atoms with Crippen LogP contribution in [0.25, 0.3) is 0 Å². The lowest BCUT2D eigenvalue weighted by molar-refractivity contribution is 0.0951. The van der Waals surface area contributed by atoms with Gasteiger partial charge in [0, 0.05) is 16.6 Å². The molecule has 0 saturated heterocycles. The number of amides is 1. The maximum atomic E-state index is 12.0. The molecule has 0 radical (unpaired) electrons. The Labute approximate surface area is 126 Å². The lowest BCUT2D eigenvalue weighted by Gasteiger charge is -2.08. The van der Waals surface area contributed by atoms with Gasteiger partial charge in [-0.05, 0) is 35.9 Å². The molecule has 0 unspecified atom stereocenters. The van der Waals surface area contributed by atoms with E-state index in [0.717, 1.165) is 10.0 Å². The van der Waals surface area contributed by atoms with Gasteiger partial charge in [-0.1, -0.05) is 28.1 Å². The van der Waals surface area contributed by atoms with Gasteiger partial charge in [-0.25, -0.2) is 0 Å². The minimum atomic E-state index is -0.165. The summed E-state index contributed by atoms with van der Waals surface area (Å²) in [6.07, 6.45) is 0. The van der Waals surface area contributed by atoms with Crippen molar-refractivity contribution in [3.05, 3.63) is 58.1 Å². The van der Waals surface area contributed by atoms with Crippen molar-refractivity contribution >= 4 is 27.5 Å². The van der Waals surface area contributed by atoms with Gasteiger partial charge < -0.3 is 15.8 Å². The van der Waals surface area contributed by atoms with Crippen molar-refractivity contribution < 1.29 is 9.53 Å². The van der Waals surface area contributed by atoms with Crippen molar-refractivity contribution in [2.24, 2.45) is 0 Å². The number of rotatable bonds is 4. The Hall–Kier alpha value is -2.01. The highest BCUT2D eigenvalue weighted by Crippen LogP contribution is 2.21. The van der Waals surface area contributed by atoms with Gasteiger partial charge in [0.25, 0.3) is 5.91 Å². The minimum Gasteiger partial charge on any atom is -0.495 e. The highest BCUT2D eigenvalue weighted by atomic mass is 79.9. The first-order chi connectivity index (χ1) is 9.60. The molecule has 0 heterocycles. The van der Waals surface area contributed by atoms with Crippen molar-refractivity contribution in [3.8, 4) is 5.75 Å². The third kappa shape index (κ3) is 3.51. The number of methoxy groups -OCH3 is 1. The van der Waals surface area contributed by atoms with Crippen LogP contribution in [0.5, 0.6) is 5.75 Å². The second kappa shape index (κ2) is 6.43. The van der Waals surface area contributed by atoms with Crippen molar-refractivity contribution in [2.75, 3.05) is 12.8 Å². The molecule has 4 nitrogen and oxygen atoms in total. The van der Waals surface area contributed by atoms with Gasteiger partial charge in [-0.3, -0.25) is 4.79 Å². The molecule has 0 aliphatic heterocycles. The lowest BCUT2D eigenvalue weighted by Crippen LogP contribution is -2.22. The van der Waals surface area contributed by atoms with Crippen LogP contribution < -0.4 is 15.8 Å². The fourth-order valence-electron chi connectivity index (χ4n) is 1.76. The van der Waals surface area contributed by atoms with Crippen LogP contribution in [-0.2, 0) is 6.54 Å². The van der Waals surface area contributed by atoms with Gasteiger partial charge in [0.15, 0.2) is 0 Å². The van der Waals surface area contributed by atoms with E-state index in [-0.39, 0.29) is 5.91 Å². The molecule has 20 heavy (non-hydrogen) atoms. The maximum absolute atomic E-state index is 12.0. The molecule has 0 spiro atoms. The second-order valence-electron chi connectivity index (χ2n) is 4.27. The number of nitrogens with one attached hydrogen (secondary N) is 1. The monoisotopic (exact) mass is 334 g/mol. The molecular formula is C15H15BrN2O2. The molecule has 0 saturated carbocycles. The summed E-state index contributed by atoms with van der Waals surface area (Å²) in [5.74, 6) is 0.400. The van der Waals surface area contributed by atoms with Crippen LogP contribution in [0.15, 0.2) is 46.9 Å². The number of carbonyl (C=O) groups is 1. The first-order valence-electron chi connectivity index (χ1n) is 6.06. The summed E-state index contributed by atoms with van der Waals surface area (Å²) in [5.41, 5.74) is 7.78. The van der Waals surface area contributed by atoms with Crippen LogP contribution in [0, 0.1) is 0 Å². The molecule has 3 N–H and O–H groups in total. The fourth-order valence-corrected chi connectivity index (χ4v) is 2.03. The molecule has 0 atom stereocenters. The Kier molecular flexibility index (Phi) is 4.63. The first kappa shape index (κ1) is 14.4. The zero-order valence-electron chi connectivity index (χ0n) is 11.0. The molecule has 5 heteroatoms. The van der Waals surface area contributed by atoms with E-state index >= 15 is 0 Å². The highest BCUT2D eigenvalue weighted by Gasteiger charge is 2.08. The Bertz CT molecular complexity index is 612. The highest BCUT2D eigenvalue weighted by molar-refractivity contribution is 9.10. The van der Waals surface area contributed by atoms with Crippen LogP contribution in [-0.4, -0.2) is 13.0 Å². The van der Waals surface area contributed by atoms with Crippen LogP contribution in [0.2, 0.25) is 0 Å². The summed E-state index contributed by atoms with van der Waals surface area (Å²) in [6.45, 7) is 0.470. The van der Waals surface area contributed by atoms with Crippen molar-refractivity contribution in [3.63, 3.8) is 0 Å². The molecular weight excluding hydrogens is 320 g/mol. The third-order valence-corrected chi connectivity index (χ3v) is 3.39. The number of carbonyl (C=O) groups excluding carboxylic acids is 1. The molecule has 1 amide bonds. The van der Waals surface area contributed by atoms with Gasteiger partial charge in [0.1, 0.15) is 5.75 Å². The molecule has 2 aromatic rings. The topological polar surface area (TPSA) is 64.3 Å². The van der Waals surface area contributed by atoms with E-state index in [0.29, 0.717) is 23.5 Å².